The van der Waals surface area contributed by atoms with E-state index in [0.717, 1.165) is 0 Å². The van der Waals surface area contributed by atoms with Crippen molar-refractivity contribution < 1.29 is 22.7 Å². The van der Waals surface area contributed by atoms with Gasteiger partial charge in [-0.1, -0.05) is 19.9 Å². The zero-order chi connectivity index (χ0) is 19.3. The van der Waals surface area contributed by atoms with Crippen LogP contribution in [0.25, 0.3) is 0 Å². The Kier molecular flexibility index (Phi) is 6.37. The van der Waals surface area contributed by atoms with Gasteiger partial charge in [-0.2, -0.15) is 5.26 Å². The SMILES string of the molecule is CC(C)CN(C(=O)COC(=O)c1cccc(C#N)c1)[C@@H]1CCS(=O)(=O)C1. The molecule has 26 heavy (non-hydrogen) atoms. The monoisotopic (exact) mass is 378 g/mol. The third kappa shape index (κ3) is 5.30. The van der Waals surface area contributed by atoms with Gasteiger partial charge in [-0.25, -0.2) is 13.2 Å². The molecule has 1 atom stereocenters. The second-order valence-corrected chi connectivity index (χ2v) is 8.99. The van der Waals surface area contributed by atoms with Gasteiger partial charge in [-0.05, 0) is 30.5 Å². The van der Waals surface area contributed by atoms with E-state index >= 15 is 0 Å². The number of carbonyl (C=O) groups excluding carboxylic acids is 2. The Bertz CT molecular complexity index is 826. The number of rotatable bonds is 6. The number of benzene rings is 1. The van der Waals surface area contributed by atoms with Crippen LogP contribution in [0.2, 0.25) is 0 Å². The van der Waals surface area contributed by atoms with Gasteiger partial charge < -0.3 is 9.64 Å². The summed E-state index contributed by atoms with van der Waals surface area (Å²) in [4.78, 5) is 26.1. The van der Waals surface area contributed by atoms with Crippen molar-refractivity contribution in [1.29, 1.82) is 5.26 Å². The van der Waals surface area contributed by atoms with E-state index in [1.165, 1.54) is 17.0 Å². The van der Waals surface area contributed by atoms with Crippen LogP contribution in [-0.2, 0) is 19.4 Å². The topological polar surface area (TPSA) is 105 Å². The molecular formula is C18H22N2O5S. The molecule has 7 nitrogen and oxygen atoms in total. The second-order valence-electron chi connectivity index (χ2n) is 6.77. The highest BCUT2D eigenvalue weighted by Gasteiger charge is 2.35. The van der Waals surface area contributed by atoms with Crippen molar-refractivity contribution in [3.8, 4) is 6.07 Å². The van der Waals surface area contributed by atoms with Crippen LogP contribution >= 0.6 is 0 Å². The van der Waals surface area contributed by atoms with Crippen LogP contribution in [0.4, 0.5) is 0 Å². The van der Waals surface area contributed by atoms with Crippen LogP contribution in [0, 0.1) is 17.2 Å². The largest absolute Gasteiger partial charge is 0.452 e. The van der Waals surface area contributed by atoms with Crippen LogP contribution in [0.3, 0.4) is 0 Å². The van der Waals surface area contributed by atoms with E-state index in [9.17, 15) is 18.0 Å². The smallest absolute Gasteiger partial charge is 0.338 e. The molecule has 1 aliphatic heterocycles. The molecule has 1 aliphatic rings. The van der Waals surface area contributed by atoms with Crippen molar-refractivity contribution in [1.82, 2.24) is 4.90 Å². The van der Waals surface area contributed by atoms with Gasteiger partial charge in [-0.15, -0.1) is 0 Å². The maximum atomic E-state index is 12.5. The molecule has 0 aliphatic carbocycles. The van der Waals surface area contributed by atoms with Crippen molar-refractivity contribution in [2.75, 3.05) is 24.7 Å². The summed E-state index contributed by atoms with van der Waals surface area (Å²) in [5.74, 6) is -0.931. The quantitative estimate of drug-likeness (QED) is 0.693. The van der Waals surface area contributed by atoms with Crippen LogP contribution in [0.15, 0.2) is 24.3 Å². The van der Waals surface area contributed by atoms with Gasteiger partial charge in [0.25, 0.3) is 5.91 Å². The van der Waals surface area contributed by atoms with E-state index in [0.29, 0.717) is 18.5 Å². The number of ether oxygens (including phenoxy) is 1. The van der Waals surface area contributed by atoms with Crippen molar-refractivity contribution in [2.45, 2.75) is 26.3 Å². The molecule has 0 N–H and O–H groups in total. The fraction of sp³-hybridized carbons (Fsp3) is 0.500. The minimum absolute atomic E-state index is 0.0520. The summed E-state index contributed by atoms with van der Waals surface area (Å²) < 4.78 is 28.5. The average molecular weight is 378 g/mol. The third-order valence-electron chi connectivity index (χ3n) is 4.09. The lowest BCUT2D eigenvalue weighted by Gasteiger charge is -2.29. The van der Waals surface area contributed by atoms with Gasteiger partial charge in [0.05, 0.1) is 28.7 Å². The van der Waals surface area contributed by atoms with Crippen molar-refractivity contribution >= 4 is 21.7 Å². The minimum atomic E-state index is -3.12. The van der Waals surface area contributed by atoms with Gasteiger partial charge in [0.15, 0.2) is 16.4 Å². The predicted molar refractivity (Wildman–Crippen MR) is 95.0 cm³/mol. The van der Waals surface area contributed by atoms with E-state index in [-0.39, 0.29) is 29.0 Å². The summed E-state index contributed by atoms with van der Waals surface area (Å²) in [6, 6.07) is 7.57. The first-order valence-electron chi connectivity index (χ1n) is 8.39. The molecule has 0 saturated carbocycles. The fourth-order valence-corrected chi connectivity index (χ4v) is 4.61. The lowest BCUT2D eigenvalue weighted by atomic mass is 10.1. The molecule has 1 fully saturated rings. The van der Waals surface area contributed by atoms with Crippen LogP contribution in [-0.4, -0.2) is 55.9 Å². The second kappa shape index (κ2) is 8.32. The summed E-state index contributed by atoms with van der Waals surface area (Å²) in [6.45, 7) is 3.81. The number of nitrogens with zero attached hydrogens (tertiary/aromatic N) is 2. The zero-order valence-electron chi connectivity index (χ0n) is 14.8. The Morgan fingerprint density at radius 2 is 2.12 bits per heavy atom. The normalized spacial score (nSPS) is 18.3. The van der Waals surface area contributed by atoms with Crippen LogP contribution in [0.1, 0.15) is 36.2 Å². The van der Waals surface area contributed by atoms with Crippen LogP contribution in [0.5, 0.6) is 0 Å². The van der Waals surface area contributed by atoms with Gasteiger partial charge >= 0.3 is 5.97 Å². The molecule has 1 saturated heterocycles. The highest BCUT2D eigenvalue weighted by molar-refractivity contribution is 7.91. The molecule has 8 heteroatoms. The highest BCUT2D eigenvalue weighted by atomic mass is 32.2. The standard InChI is InChI=1S/C18H22N2O5S/c1-13(2)10-20(16-6-7-26(23,24)12-16)17(21)11-25-18(22)15-5-3-4-14(8-15)9-19/h3-5,8,13,16H,6-7,10-12H2,1-2H3/t16-/m1/s1. The molecule has 0 unspecified atom stereocenters. The number of amides is 1. The Morgan fingerprint density at radius 3 is 2.69 bits per heavy atom. The minimum Gasteiger partial charge on any atom is -0.452 e. The molecule has 0 bridgehead atoms. The molecule has 1 aromatic rings. The maximum Gasteiger partial charge on any atom is 0.338 e. The van der Waals surface area contributed by atoms with Gasteiger partial charge in [0.2, 0.25) is 0 Å². The first kappa shape index (κ1) is 19.9. The maximum absolute atomic E-state index is 12.5. The number of hydrogen-bond donors (Lipinski definition) is 0. The molecule has 0 spiro atoms. The average Bonchev–Trinajstić information content (AvgIpc) is 2.96. The molecule has 1 amide bonds. The number of esters is 1. The first-order valence-corrected chi connectivity index (χ1v) is 10.2. The van der Waals surface area contributed by atoms with E-state index < -0.39 is 28.3 Å². The molecule has 1 aromatic carbocycles. The van der Waals surface area contributed by atoms with Gasteiger partial charge in [0, 0.05) is 12.6 Å². The Hall–Kier alpha value is -2.40. The molecule has 0 radical (unpaired) electrons. The number of nitriles is 1. The molecule has 1 heterocycles. The Balaban J connectivity index is 2.02. The summed E-state index contributed by atoms with van der Waals surface area (Å²) in [6.07, 6.45) is 0.402. The zero-order valence-corrected chi connectivity index (χ0v) is 15.7. The molecular weight excluding hydrogens is 356 g/mol. The number of hydrogen-bond acceptors (Lipinski definition) is 6. The van der Waals surface area contributed by atoms with E-state index in [2.05, 4.69) is 0 Å². The number of carbonyl (C=O) groups is 2. The first-order chi connectivity index (χ1) is 12.2. The summed E-state index contributed by atoms with van der Waals surface area (Å²) >= 11 is 0. The molecule has 2 rings (SSSR count). The fourth-order valence-electron chi connectivity index (χ4n) is 2.88. The molecule has 0 aromatic heterocycles. The summed E-state index contributed by atoms with van der Waals surface area (Å²) in [5, 5.41) is 8.87. The van der Waals surface area contributed by atoms with Crippen LogP contribution < -0.4 is 0 Å². The third-order valence-corrected chi connectivity index (χ3v) is 5.84. The van der Waals surface area contributed by atoms with Gasteiger partial charge in [-0.3, -0.25) is 4.79 Å². The Morgan fingerprint density at radius 1 is 1.38 bits per heavy atom. The Labute approximate surface area is 153 Å². The predicted octanol–water partition coefficient (Wildman–Crippen LogP) is 1.39. The lowest BCUT2D eigenvalue weighted by Crippen LogP contribution is -2.45. The highest BCUT2D eigenvalue weighted by Crippen LogP contribution is 2.19. The van der Waals surface area contributed by atoms with E-state index in [4.69, 9.17) is 10.00 Å². The lowest BCUT2D eigenvalue weighted by molar-refractivity contribution is -0.137. The van der Waals surface area contributed by atoms with Crippen molar-refractivity contribution in [3.63, 3.8) is 0 Å². The van der Waals surface area contributed by atoms with E-state index in [1.807, 2.05) is 19.9 Å². The van der Waals surface area contributed by atoms with E-state index in [1.54, 1.807) is 12.1 Å². The summed E-state index contributed by atoms with van der Waals surface area (Å²) in [7, 11) is -3.12. The summed E-state index contributed by atoms with van der Waals surface area (Å²) in [5.41, 5.74) is 0.513. The number of sulfone groups is 1. The van der Waals surface area contributed by atoms with Gasteiger partial charge in [0.1, 0.15) is 0 Å². The van der Waals surface area contributed by atoms with Crippen molar-refractivity contribution in [3.05, 3.63) is 35.4 Å². The molecule has 140 valence electrons. The van der Waals surface area contributed by atoms with Crippen molar-refractivity contribution in [2.24, 2.45) is 5.92 Å².